The summed E-state index contributed by atoms with van der Waals surface area (Å²) in [4.78, 5) is 20.7. The van der Waals surface area contributed by atoms with Gasteiger partial charge in [-0.25, -0.2) is 9.59 Å². The Labute approximate surface area is 156 Å². The van der Waals surface area contributed by atoms with Crippen LogP contribution in [-0.4, -0.2) is 22.2 Å². The molecule has 0 saturated heterocycles. The molecule has 0 fully saturated rings. The highest BCUT2D eigenvalue weighted by atomic mass is 79.9. The van der Waals surface area contributed by atoms with Crippen molar-refractivity contribution in [1.82, 2.24) is 0 Å². The minimum absolute atomic E-state index is 0.309. The normalized spacial score (nSPS) is 9.24. The fraction of sp³-hybridized carbons (Fsp3) is 0.100. The van der Waals surface area contributed by atoms with Crippen LogP contribution in [0.5, 0.6) is 0 Å². The zero-order valence-corrected chi connectivity index (χ0v) is 15.7. The molecule has 0 bridgehead atoms. The maximum atomic E-state index is 10.5. The Morgan fingerprint density at radius 3 is 1.56 bits per heavy atom. The first-order valence-corrected chi connectivity index (χ1v) is 8.17. The van der Waals surface area contributed by atoms with Crippen molar-refractivity contribution in [2.45, 2.75) is 13.8 Å². The number of carbonyl (C=O) groups is 2. The van der Waals surface area contributed by atoms with Crippen molar-refractivity contribution in [1.29, 1.82) is 0 Å². The number of carboxylic acids is 2. The minimum Gasteiger partial charge on any atom is -0.478 e. The molecule has 0 aliphatic carbocycles. The van der Waals surface area contributed by atoms with Gasteiger partial charge in [-0.15, -0.1) is 6.58 Å². The van der Waals surface area contributed by atoms with Crippen LogP contribution in [0.2, 0.25) is 0 Å². The second-order valence-electron chi connectivity index (χ2n) is 4.65. The van der Waals surface area contributed by atoms with Crippen molar-refractivity contribution in [2.75, 3.05) is 0 Å². The molecule has 2 aromatic carbocycles. The lowest BCUT2D eigenvalue weighted by atomic mass is 10.1. The number of allylic oxidation sites excluding steroid dienone is 2. The predicted molar refractivity (Wildman–Crippen MR) is 105 cm³/mol. The van der Waals surface area contributed by atoms with Crippen LogP contribution in [0.1, 0.15) is 40.1 Å². The Kier molecular flexibility index (Phi) is 11.4. The zero-order chi connectivity index (χ0) is 19.2. The Bertz CT molecular complexity index is 701. The van der Waals surface area contributed by atoms with E-state index in [1.54, 1.807) is 54.6 Å². The average molecular weight is 405 g/mol. The molecule has 0 aromatic heterocycles. The first-order chi connectivity index (χ1) is 11.8. The summed E-state index contributed by atoms with van der Waals surface area (Å²) in [6, 6.07) is 13.2. The summed E-state index contributed by atoms with van der Waals surface area (Å²) in [6.45, 7) is 7.17. The Balaban J connectivity index is 0.000000403. The molecule has 0 spiro atoms. The van der Waals surface area contributed by atoms with Crippen molar-refractivity contribution >= 4 is 33.9 Å². The summed E-state index contributed by atoms with van der Waals surface area (Å²) in [5, 5.41) is 17.0. The van der Waals surface area contributed by atoms with Crippen molar-refractivity contribution in [3.63, 3.8) is 0 Å². The first-order valence-electron chi connectivity index (χ1n) is 7.37. The van der Waals surface area contributed by atoms with E-state index in [-0.39, 0.29) is 0 Å². The number of halogens is 1. The van der Waals surface area contributed by atoms with Gasteiger partial charge in [-0.05, 0) is 55.8 Å². The summed E-state index contributed by atoms with van der Waals surface area (Å²) in [6.07, 6.45) is 5.58. The van der Waals surface area contributed by atoms with E-state index in [1.807, 2.05) is 26.0 Å². The van der Waals surface area contributed by atoms with E-state index < -0.39 is 11.9 Å². The van der Waals surface area contributed by atoms with Gasteiger partial charge in [0.2, 0.25) is 0 Å². The van der Waals surface area contributed by atoms with E-state index in [2.05, 4.69) is 22.5 Å². The molecule has 132 valence electrons. The van der Waals surface area contributed by atoms with Gasteiger partial charge in [0.25, 0.3) is 0 Å². The van der Waals surface area contributed by atoms with Crippen LogP contribution in [0.25, 0.3) is 6.08 Å². The maximum absolute atomic E-state index is 10.5. The van der Waals surface area contributed by atoms with E-state index in [1.165, 1.54) is 0 Å². The minimum atomic E-state index is -0.896. The number of rotatable bonds is 3. The van der Waals surface area contributed by atoms with Gasteiger partial charge in [0, 0.05) is 4.47 Å². The highest BCUT2D eigenvalue weighted by Crippen LogP contribution is 2.10. The van der Waals surface area contributed by atoms with E-state index in [9.17, 15) is 9.59 Å². The lowest BCUT2D eigenvalue weighted by molar-refractivity contribution is 0.0686. The molecule has 0 saturated carbocycles. The predicted octanol–water partition coefficient (Wildman–Crippen LogP) is 5.76. The summed E-state index contributed by atoms with van der Waals surface area (Å²) >= 11 is 3.20. The fourth-order valence-corrected chi connectivity index (χ4v) is 1.79. The molecule has 5 heteroatoms. The second-order valence-corrected chi connectivity index (χ2v) is 5.56. The zero-order valence-electron chi connectivity index (χ0n) is 14.1. The largest absolute Gasteiger partial charge is 0.478 e. The van der Waals surface area contributed by atoms with Crippen LogP contribution in [0.15, 0.2) is 71.7 Å². The lowest BCUT2D eigenvalue weighted by Gasteiger charge is -1.94. The highest BCUT2D eigenvalue weighted by molar-refractivity contribution is 9.10. The molecule has 0 aliphatic rings. The summed E-state index contributed by atoms with van der Waals surface area (Å²) in [5.74, 6) is -1.78. The third-order valence-electron chi connectivity index (χ3n) is 2.61. The van der Waals surface area contributed by atoms with E-state index >= 15 is 0 Å². The number of hydrogen-bond donors (Lipinski definition) is 2. The molecule has 0 amide bonds. The molecule has 2 rings (SSSR count). The monoisotopic (exact) mass is 404 g/mol. The van der Waals surface area contributed by atoms with Crippen molar-refractivity contribution < 1.29 is 19.8 Å². The van der Waals surface area contributed by atoms with Crippen molar-refractivity contribution in [2.24, 2.45) is 0 Å². The van der Waals surface area contributed by atoms with Crippen LogP contribution < -0.4 is 0 Å². The van der Waals surface area contributed by atoms with E-state index in [0.29, 0.717) is 11.1 Å². The third kappa shape index (κ3) is 9.94. The van der Waals surface area contributed by atoms with Gasteiger partial charge in [-0.3, -0.25) is 0 Å². The van der Waals surface area contributed by atoms with E-state index in [0.717, 1.165) is 10.0 Å². The SMILES string of the molecule is C/C=C/c1ccc(C(=O)O)cc1.C=CC.O=C(O)c1ccc(Br)cc1. The second kappa shape index (κ2) is 12.7. The average Bonchev–Trinajstić information content (AvgIpc) is 2.57. The number of carboxylic acid groups (broad SMARTS) is 2. The standard InChI is InChI=1S/C10H10O2.C7H5BrO2.C3H6/c1-2-3-8-4-6-9(7-5-8)10(11)12;8-6-3-1-5(2-4-6)7(9)10;1-3-2/h2-7H,1H3,(H,11,12);1-4H,(H,9,10);3H,1H2,2H3/b3-2+;;. The van der Waals surface area contributed by atoms with Gasteiger partial charge >= 0.3 is 11.9 Å². The van der Waals surface area contributed by atoms with Crippen LogP contribution in [-0.2, 0) is 0 Å². The summed E-state index contributed by atoms with van der Waals surface area (Å²) in [7, 11) is 0. The first kappa shape index (κ1) is 22.3. The highest BCUT2D eigenvalue weighted by Gasteiger charge is 1.99. The van der Waals surface area contributed by atoms with Crippen molar-refractivity contribution in [3.05, 3.63) is 88.4 Å². The van der Waals surface area contributed by atoms with Crippen LogP contribution in [0.3, 0.4) is 0 Å². The Morgan fingerprint density at radius 2 is 1.24 bits per heavy atom. The molecule has 0 atom stereocenters. The van der Waals surface area contributed by atoms with Crippen LogP contribution in [0, 0.1) is 0 Å². The van der Waals surface area contributed by atoms with Gasteiger partial charge in [0.05, 0.1) is 11.1 Å². The number of aromatic carboxylic acids is 2. The van der Waals surface area contributed by atoms with Gasteiger partial charge in [-0.2, -0.15) is 0 Å². The van der Waals surface area contributed by atoms with E-state index in [4.69, 9.17) is 10.2 Å². The Hall–Kier alpha value is -2.66. The molecular formula is C20H21BrO4. The smallest absolute Gasteiger partial charge is 0.335 e. The maximum Gasteiger partial charge on any atom is 0.335 e. The molecule has 0 aliphatic heterocycles. The summed E-state index contributed by atoms with van der Waals surface area (Å²) in [5.41, 5.74) is 1.65. The van der Waals surface area contributed by atoms with Gasteiger partial charge < -0.3 is 10.2 Å². The third-order valence-corrected chi connectivity index (χ3v) is 3.14. The number of hydrogen-bond acceptors (Lipinski definition) is 2. The molecule has 2 N–H and O–H groups in total. The van der Waals surface area contributed by atoms with Gasteiger partial charge in [-0.1, -0.05) is 46.3 Å². The molecule has 0 radical (unpaired) electrons. The van der Waals surface area contributed by atoms with Gasteiger partial charge in [0.15, 0.2) is 0 Å². The lowest BCUT2D eigenvalue weighted by Crippen LogP contribution is -1.94. The molecule has 4 nitrogen and oxygen atoms in total. The Morgan fingerprint density at radius 1 is 0.880 bits per heavy atom. The summed E-state index contributed by atoms with van der Waals surface area (Å²) < 4.78 is 0.887. The molecule has 0 unspecified atom stereocenters. The quantitative estimate of drug-likeness (QED) is 0.637. The molecule has 0 heterocycles. The van der Waals surface area contributed by atoms with Crippen LogP contribution in [0.4, 0.5) is 0 Å². The molecular weight excluding hydrogens is 384 g/mol. The topological polar surface area (TPSA) is 74.6 Å². The fourth-order valence-electron chi connectivity index (χ4n) is 1.52. The molecule has 25 heavy (non-hydrogen) atoms. The van der Waals surface area contributed by atoms with Gasteiger partial charge in [0.1, 0.15) is 0 Å². The van der Waals surface area contributed by atoms with Crippen LogP contribution >= 0.6 is 15.9 Å². The number of benzene rings is 2. The molecule has 2 aromatic rings. The van der Waals surface area contributed by atoms with Crippen molar-refractivity contribution in [3.8, 4) is 0 Å².